The number of carbonyl (C=O) groups excluding carboxylic acids is 1. The molecule has 4 aliphatic heterocycles. The normalized spacial score (nSPS) is 25.5. The first kappa shape index (κ1) is 26.0. The van der Waals surface area contributed by atoms with Gasteiger partial charge >= 0.3 is 0 Å². The molecule has 4 rings (SSSR count). The van der Waals surface area contributed by atoms with Crippen LogP contribution < -0.4 is 5.32 Å². The highest BCUT2D eigenvalue weighted by molar-refractivity contribution is 14.0. The SMILES string of the molecule is CN=C(NCC1(N2CCCC2)CCOCC1)N1CCN(CC(=O)N2CCCCC2)CC1.I. The molecule has 0 radical (unpaired) electrons. The number of piperidine rings is 1. The Morgan fingerprint density at radius 3 is 2.12 bits per heavy atom. The van der Waals surface area contributed by atoms with Gasteiger partial charge in [-0.2, -0.15) is 0 Å². The summed E-state index contributed by atoms with van der Waals surface area (Å²) in [5, 5.41) is 3.72. The van der Waals surface area contributed by atoms with Gasteiger partial charge in [0.05, 0.1) is 6.54 Å². The molecule has 1 amide bonds. The van der Waals surface area contributed by atoms with Gasteiger partial charge in [-0.05, 0) is 58.0 Å². The van der Waals surface area contributed by atoms with Crippen molar-refractivity contribution in [2.75, 3.05) is 85.7 Å². The van der Waals surface area contributed by atoms with Crippen LogP contribution in [-0.2, 0) is 9.53 Å². The molecule has 8 nitrogen and oxygen atoms in total. The molecule has 0 unspecified atom stereocenters. The third-order valence-electron chi connectivity index (χ3n) is 7.73. The average molecular weight is 563 g/mol. The van der Waals surface area contributed by atoms with Crippen molar-refractivity contribution in [2.24, 2.45) is 4.99 Å². The van der Waals surface area contributed by atoms with Crippen molar-refractivity contribution in [1.82, 2.24) is 24.9 Å². The Kier molecular flexibility index (Phi) is 10.3. The summed E-state index contributed by atoms with van der Waals surface area (Å²) in [7, 11) is 1.89. The van der Waals surface area contributed by atoms with E-state index in [0.29, 0.717) is 12.5 Å². The van der Waals surface area contributed by atoms with Gasteiger partial charge in [0.1, 0.15) is 0 Å². The van der Waals surface area contributed by atoms with Gasteiger partial charge in [-0.3, -0.25) is 19.6 Å². The number of guanidine groups is 1. The summed E-state index contributed by atoms with van der Waals surface area (Å²) < 4.78 is 5.69. The number of aliphatic imine (C=N–C) groups is 1. The Balaban J connectivity index is 0.00000289. The molecule has 0 aromatic heterocycles. The maximum absolute atomic E-state index is 12.6. The van der Waals surface area contributed by atoms with E-state index in [1.165, 1.54) is 32.4 Å². The minimum absolute atomic E-state index is 0. The monoisotopic (exact) mass is 562 g/mol. The van der Waals surface area contributed by atoms with E-state index in [9.17, 15) is 4.79 Å². The van der Waals surface area contributed by atoms with Crippen molar-refractivity contribution in [3.8, 4) is 0 Å². The summed E-state index contributed by atoms with van der Waals surface area (Å²) in [4.78, 5) is 26.6. The van der Waals surface area contributed by atoms with E-state index in [2.05, 4.69) is 29.9 Å². The fourth-order valence-electron chi connectivity index (χ4n) is 5.68. The summed E-state index contributed by atoms with van der Waals surface area (Å²) >= 11 is 0. The van der Waals surface area contributed by atoms with Gasteiger partial charge in [0.2, 0.25) is 5.91 Å². The molecule has 0 saturated carbocycles. The van der Waals surface area contributed by atoms with Gasteiger partial charge < -0.3 is 19.9 Å². The lowest BCUT2D eigenvalue weighted by Crippen LogP contribution is -2.60. The van der Waals surface area contributed by atoms with Crippen LogP contribution in [0.2, 0.25) is 0 Å². The second-order valence-electron chi connectivity index (χ2n) is 9.64. The molecule has 0 aromatic carbocycles. The van der Waals surface area contributed by atoms with Crippen molar-refractivity contribution in [3.05, 3.63) is 0 Å². The first-order valence-electron chi connectivity index (χ1n) is 12.5. The number of hydrogen-bond donors (Lipinski definition) is 1. The highest BCUT2D eigenvalue weighted by Gasteiger charge is 2.40. The van der Waals surface area contributed by atoms with Crippen molar-refractivity contribution < 1.29 is 9.53 Å². The quantitative estimate of drug-likeness (QED) is 0.311. The molecule has 32 heavy (non-hydrogen) atoms. The summed E-state index contributed by atoms with van der Waals surface area (Å²) in [6.07, 6.45) is 8.41. The number of likely N-dealkylation sites (tertiary alicyclic amines) is 2. The molecule has 1 N–H and O–H groups in total. The van der Waals surface area contributed by atoms with Crippen LogP contribution >= 0.6 is 24.0 Å². The summed E-state index contributed by atoms with van der Waals surface area (Å²) in [5.41, 5.74) is 0.202. The standard InChI is InChI=1S/C23H42N6O2.HI/c1-24-22(25-20-23(7-17-31-18-8-23)29-11-5-6-12-29)28-15-13-26(14-16-28)19-21(30)27-9-3-2-4-10-27;/h2-20H2,1H3,(H,24,25);1H. The predicted molar refractivity (Wildman–Crippen MR) is 139 cm³/mol. The molecule has 9 heteroatoms. The van der Waals surface area contributed by atoms with Crippen LogP contribution in [0.3, 0.4) is 0 Å². The first-order chi connectivity index (χ1) is 15.2. The number of nitrogens with zero attached hydrogens (tertiary/aromatic N) is 5. The van der Waals surface area contributed by atoms with E-state index in [-0.39, 0.29) is 29.5 Å². The zero-order chi connectivity index (χ0) is 21.5. The fraction of sp³-hybridized carbons (Fsp3) is 0.913. The number of carbonyl (C=O) groups is 1. The predicted octanol–water partition coefficient (Wildman–Crippen LogP) is 1.45. The molecular formula is C23H43IN6O2. The molecule has 184 valence electrons. The van der Waals surface area contributed by atoms with E-state index < -0.39 is 0 Å². The number of nitrogens with one attached hydrogen (secondary N) is 1. The zero-order valence-corrected chi connectivity index (χ0v) is 22.2. The molecule has 4 saturated heterocycles. The molecule has 0 aromatic rings. The molecule has 0 atom stereocenters. The third-order valence-corrected chi connectivity index (χ3v) is 7.73. The highest BCUT2D eigenvalue weighted by atomic mass is 127. The van der Waals surface area contributed by atoms with E-state index in [4.69, 9.17) is 4.74 Å². The zero-order valence-electron chi connectivity index (χ0n) is 19.9. The van der Waals surface area contributed by atoms with Crippen LogP contribution in [0, 0.1) is 0 Å². The fourth-order valence-corrected chi connectivity index (χ4v) is 5.68. The average Bonchev–Trinajstić information content (AvgIpc) is 3.37. The third kappa shape index (κ3) is 6.48. The number of rotatable bonds is 5. The van der Waals surface area contributed by atoms with Gasteiger partial charge in [-0.15, -0.1) is 24.0 Å². The Hall–Kier alpha value is -0.650. The smallest absolute Gasteiger partial charge is 0.236 e. The van der Waals surface area contributed by atoms with Gasteiger partial charge in [-0.1, -0.05) is 0 Å². The lowest BCUT2D eigenvalue weighted by atomic mass is 9.88. The molecule has 0 bridgehead atoms. The minimum Gasteiger partial charge on any atom is -0.381 e. The topological polar surface area (TPSA) is 63.7 Å². The van der Waals surface area contributed by atoms with E-state index in [0.717, 1.165) is 90.7 Å². The van der Waals surface area contributed by atoms with Crippen LogP contribution in [0.15, 0.2) is 4.99 Å². The van der Waals surface area contributed by atoms with Crippen LogP contribution in [0.4, 0.5) is 0 Å². The molecule has 0 aliphatic carbocycles. The van der Waals surface area contributed by atoms with Gasteiger partial charge in [0, 0.05) is 71.6 Å². The van der Waals surface area contributed by atoms with Gasteiger partial charge in [-0.25, -0.2) is 0 Å². The van der Waals surface area contributed by atoms with Crippen molar-refractivity contribution in [3.63, 3.8) is 0 Å². The van der Waals surface area contributed by atoms with Crippen molar-refractivity contribution >= 4 is 35.8 Å². The molecule has 4 heterocycles. The lowest BCUT2D eigenvalue weighted by molar-refractivity contribution is -0.133. The Bertz CT molecular complexity index is 608. The maximum atomic E-state index is 12.6. The van der Waals surface area contributed by atoms with Crippen LogP contribution in [-0.4, -0.2) is 123 Å². The number of amides is 1. The van der Waals surface area contributed by atoms with E-state index >= 15 is 0 Å². The summed E-state index contributed by atoms with van der Waals surface area (Å²) in [6.45, 7) is 11.2. The first-order valence-corrected chi connectivity index (χ1v) is 12.5. The van der Waals surface area contributed by atoms with Crippen LogP contribution in [0.5, 0.6) is 0 Å². The molecule has 4 aliphatic rings. The van der Waals surface area contributed by atoms with Gasteiger partial charge in [0.15, 0.2) is 5.96 Å². The number of ether oxygens (including phenoxy) is 1. The van der Waals surface area contributed by atoms with Crippen LogP contribution in [0.25, 0.3) is 0 Å². The molecular weight excluding hydrogens is 519 g/mol. The largest absolute Gasteiger partial charge is 0.381 e. The van der Waals surface area contributed by atoms with E-state index in [1.54, 1.807) is 0 Å². The number of piperazine rings is 1. The highest BCUT2D eigenvalue weighted by Crippen LogP contribution is 2.30. The Labute approximate surface area is 211 Å². The van der Waals surface area contributed by atoms with Gasteiger partial charge in [0.25, 0.3) is 0 Å². The second-order valence-corrected chi connectivity index (χ2v) is 9.64. The van der Waals surface area contributed by atoms with E-state index in [1.807, 2.05) is 7.05 Å². The minimum atomic E-state index is 0. The number of hydrogen-bond acceptors (Lipinski definition) is 5. The molecule has 0 spiro atoms. The van der Waals surface area contributed by atoms with Crippen LogP contribution in [0.1, 0.15) is 44.9 Å². The number of halogens is 1. The van der Waals surface area contributed by atoms with Crippen molar-refractivity contribution in [2.45, 2.75) is 50.5 Å². The second kappa shape index (κ2) is 12.7. The Morgan fingerprint density at radius 1 is 0.875 bits per heavy atom. The summed E-state index contributed by atoms with van der Waals surface area (Å²) in [6, 6.07) is 0. The van der Waals surface area contributed by atoms with Crippen molar-refractivity contribution in [1.29, 1.82) is 0 Å². The maximum Gasteiger partial charge on any atom is 0.236 e. The molecule has 4 fully saturated rings. The summed E-state index contributed by atoms with van der Waals surface area (Å²) in [5.74, 6) is 1.31. The lowest BCUT2D eigenvalue weighted by Gasteiger charge is -2.45. The Morgan fingerprint density at radius 2 is 1.50 bits per heavy atom.